The van der Waals surface area contributed by atoms with Crippen molar-refractivity contribution in [1.82, 2.24) is 10.2 Å². The smallest absolute Gasteiger partial charge is 0.234 e. The summed E-state index contributed by atoms with van der Waals surface area (Å²) in [5, 5.41) is 2.76. The first-order chi connectivity index (χ1) is 10.3. The van der Waals surface area contributed by atoms with Crippen molar-refractivity contribution < 1.29 is 17.6 Å². The van der Waals surface area contributed by atoms with Crippen molar-refractivity contribution in [2.24, 2.45) is 0 Å². The monoisotopic (exact) mass is 328 g/mol. The van der Waals surface area contributed by atoms with Crippen LogP contribution < -0.4 is 5.32 Å². The topological polar surface area (TPSA) is 66.5 Å². The number of amides is 1. The summed E-state index contributed by atoms with van der Waals surface area (Å²) in [7, 11) is -1.19. The molecular weight excluding hydrogens is 307 g/mol. The van der Waals surface area contributed by atoms with Crippen molar-refractivity contribution in [1.29, 1.82) is 0 Å². The maximum Gasteiger partial charge on any atom is 0.234 e. The fourth-order valence-corrected chi connectivity index (χ4v) is 4.21. The molecule has 0 unspecified atom stereocenters. The Balaban J connectivity index is 1.87. The molecule has 0 radical (unpaired) electrons. The molecule has 22 heavy (non-hydrogen) atoms. The van der Waals surface area contributed by atoms with Crippen LogP contribution in [0.1, 0.15) is 24.9 Å². The van der Waals surface area contributed by atoms with E-state index in [4.69, 9.17) is 0 Å². The summed E-state index contributed by atoms with van der Waals surface area (Å²) in [6.45, 7) is 2.09. The van der Waals surface area contributed by atoms with Gasteiger partial charge >= 0.3 is 0 Å². The van der Waals surface area contributed by atoms with Gasteiger partial charge in [0, 0.05) is 12.1 Å². The summed E-state index contributed by atoms with van der Waals surface area (Å²) in [6, 6.07) is 5.84. The van der Waals surface area contributed by atoms with Gasteiger partial charge in [-0.25, -0.2) is 12.8 Å². The number of hydrogen-bond acceptors (Lipinski definition) is 4. The van der Waals surface area contributed by atoms with E-state index in [0.717, 1.165) is 5.56 Å². The first-order valence-corrected chi connectivity index (χ1v) is 9.04. The zero-order chi connectivity index (χ0) is 16.3. The van der Waals surface area contributed by atoms with Crippen molar-refractivity contribution in [2.75, 3.05) is 25.1 Å². The number of hydrogen-bond donors (Lipinski definition) is 1. The minimum absolute atomic E-state index is 0.0238. The van der Waals surface area contributed by atoms with Crippen molar-refractivity contribution in [3.63, 3.8) is 0 Å². The van der Waals surface area contributed by atoms with Gasteiger partial charge in [0.1, 0.15) is 5.82 Å². The normalized spacial score (nSPS) is 21.7. The Hall–Kier alpha value is -1.47. The maximum atomic E-state index is 12.9. The largest absolute Gasteiger partial charge is 0.351 e. The zero-order valence-corrected chi connectivity index (χ0v) is 13.6. The summed E-state index contributed by atoms with van der Waals surface area (Å²) in [5.41, 5.74) is 0.917. The molecule has 2 rings (SSSR count). The molecule has 5 nitrogen and oxygen atoms in total. The van der Waals surface area contributed by atoms with Gasteiger partial charge in [0.15, 0.2) is 9.84 Å². The fraction of sp³-hybridized carbons (Fsp3) is 0.533. The first kappa shape index (κ1) is 16.9. The lowest BCUT2D eigenvalue weighted by Gasteiger charge is -2.25. The predicted octanol–water partition coefficient (Wildman–Crippen LogP) is 1.12. The van der Waals surface area contributed by atoms with Gasteiger partial charge in [0.2, 0.25) is 5.91 Å². The molecule has 0 bridgehead atoms. The van der Waals surface area contributed by atoms with Gasteiger partial charge in [-0.2, -0.15) is 0 Å². The fourth-order valence-electron chi connectivity index (χ4n) is 2.54. The Morgan fingerprint density at radius 3 is 2.59 bits per heavy atom. The number of nitrogens with one attached hydrogen (secondary N) is 1. The standard InChI is InChI=1S/C15H21FN2O3S/c1-11(12-3-5-13(16)6-4-12)18(2)9-15(19)17-14-7-8-22(20,21)10-14/h3-6,11,14H,7-10H2,1-2H3,(H,17,19)/t11-,14-/m0/s1. The molecule has 1 fully saturated rings. The molecule has 1 N–H and O–H groups in total. The van der Waals surface area contributed by atoms with Crippen molar-refractivity contribution in [3.8, 4) is 0 Å². The number of carbonyl (C=O) groups is 1. The Bertz CT molecular complexity index is 631. The highest BCUT2D eigenvalue weighted by atomic mass is 32.2. The molecule has 122 valence electrons. The molecule has 0 spiro atoms. The number of nitrogens with zero attached hydrogens (tertiary/aromatic N) is 1. The SMILES string of the molecule is C[C@@H](c1ccc(F)cc1)N(C)CC(=O)N[C@H]1CCS(=O)(=O)C1. The maximum absolute atomic E-state index is 12.9. The van der Waals surface area contributed by atoms with E-state index in [1.54, 1.807) is 19.2 Å². The average molecular weight is 328 g/mol. The Labute approximate surface area is 130 Å². The number of likely N-dealkylation sites (N-methyl/N-ethyl adjacent to an activating group) is 1. The van der Waals surface area contributed by atoms with E-state index in [-0.39, 0.29) is 41.9 Å². The van der Waals surface area contributed by atoms with Crippen LogP contribution >= 0.6 is 0 Å². The second-order valence-corrected chi connectivity index (χ2v) is 8.04. The van der Waals surface area contributed by atoms with Gasteiger partial charge in [-0.05, 0) is 38.1 Å². The van der Waals surface area contributed by atoms with Crippen LogP contribution in [-0.4, -0.2) is 50.4 Å². The average Bonchev–Trinajstić information content (AvgIpc) is 2.77. The minimum atomic E-state index is -3.00. The lowest BCUT2D eigenvalue weighted by Crippen LogP contribution is -2.42. The van der Waals surface area contributed by atoms with Crippen LogP contribution in [0, 0.1) is 5.82 Å². The van der Waals surface area contributed by atoms with Crippen LogP contribution in [-0.2, 0) is 14.6 Å². The van der Waals surface area contributed by atoms with Gasteiger partial charge in [0.25, 0.3) is 0 Å². The van der Waals surface area contributed by atoms with E-state index < -0.39 is 9.84 Å². The molecule has 0 aromatic heterocycles. The molecule has 0 aliphatic carbocycles. The molecular formula is C15H21FN2O3S. The highest BCUT2D eigenvalue weighted by Gasteiger charge is 2.29. The molecule has 7 heteroatoms. The molecule has 1 aliphatic heterocycles. The van der Waals surface area contributed by atoms with Crippen LogP contribution in [0.2, 0.25) is 0 Å². The predicted molar refractivity (Wildman–Crippen MR) is 82.6 cm³/mol. The van der Waals surface area contributed by atoms with Gasteiger partial charge in [-0.1, -0.05) is 12.1 Å². The molecule has 1 amide bonds. The highest BCUT2D eigenvalue weighted by Crippen LogP contribution is 2.18. The Kier molecular flexibility index (Phi) is 5.18. The molecule has 1 saturated heterocycles. The van der Waals surface area contributed by atoms with Gasteiger partial charge in [-0.3, -0.25) is 9.69 Å². The van der Waals surface area contributed by atoms with E-state index in [0.29, 0.717) is 6.42 Å². The lowest BCUT2D eigenvalue weighted by molar-refractivity contribution is -0.122. The van der Waals surface area contributed by atoms with E-state index in [1.165, 1.54) is 12.1 Å². The highest BCUT2D eigenvalue weighted by molar-refractivity contribution is 7.91. The molecule has 0 saturated carbocycles. The van der Waals surface area contributed by atoms with Crippen molar-refractivity contribution in [2.45, 2.75) is 25.4 Å². The van der Waals surface area contributed by atoms with Gasteiger partial charge in [0.05, 0.1) is 18.1 Å². The number of halogens is 1. The van der Waals surface area contributed by atoms with E-state index in [9.17, 15) is 17.6 Å². The summed E-state index contributed by atoms with van der Waals surface area (Å²) >= 11 is 0. The Morgan fingerprint density at radius 2 is 2.05 bits per heavy atom. The summed E-state index contributed by atoms with van der Waals surface area (Å²) in [4.78, 5) is 13.8. The van der Waals surface area contributed by atoms with E-state index in [1.807, 2.05) is 11.8 Å². The molecule has 2 atom stereocenters. The quantitative estimate of drug-likeness (QED) is 0.880. The van der Waals surface area contributed by atoms with Crippen LogP contribution in [0.15, 0.2) is 24.3 Å². The third-order valence-corrected chi connectivity index (χ3v) is 5.77. The number of carbonyl (C=O) groups excluding carboxylic acids is 1. The molecule has 1 aliphatic rings. The van der Waals surface area contributed by atoms with Crippen LogP contribution in [0.5, 0.6) is 0 Å². The minimum Gasteiger partial charge on any atom is -0.351 e. The third-order valence-electron chi connectivity index (χ3n) is 4.00. The zero-order valence-electron chi connectivity index (χ0n) is 12.8. The number of benzene rings is 1. The first-order valence-electron chi connectivity index (χ1n) is 7.22. The second-order valence-electron chi connectivity index (χ2n) is 5.81. The third kappa shape index (κ3) is 4.51. The Morgan fingerprint density at radius 1 is 1.41 bits per heavy atom. The molecule has 1 aromatic carbocycles. The van der Waals surface area contributed by atoms with Crippen LogP contribution in [0.25, 0.3) is 0 Å². The van der Waals surface area contributed by atoms with E-state index >= 15 is 0 Å². The van der Waals surface area contributed by atoms with E-state index in [2.05, 4.69) is 5.32 Å². The second kappa shape index (κ2) is 6.75. The molecule has 1 aromatic rings. The number of sulfone groups is 1. The lowest BCUT2D eigenvalue weighted by atomic mass is 10.1. The number of rotatable bonds is 5. The summed E-state index contributed by atoms with van der Waals surface area (Å²) in [5.74, 6) is -0.326. The van der Waals surface area contributed by atoms with Crippen molar-refractivity contribution >= 4 is 15.7 Å². The van der Waals surface area contributed by atoms with Gasteiger partial charge < -0.3 is 5.32 Å². The summed E-state index contributed by atoms with van der Waals surface area (Å²) in [6.07, 6.45) is 0.477. The molecule has 1 heterocycles. The van der Waals surface area contributed by atoms with Crippen LogP contribution in [0.3, 0.4) is 0 Å². The summed E-state index contributed by atoms with van der Waals surface area (Å²) < 4.78 is 35.7. The van der Waals surface area contributed by atoms with Crippen LogP contribution in [0.4, 0.5) is 4.39 Å². The van der Waals surface area contributed by atoms with Gasteiger partial charge in [-0.15, -0.1) is 0 Å². The van der Waals surface area contributed by atoms with Crippen molar-refractivity contribution in [3.05, 3.63) is 35.6 Å².